The number of carbonyl (C=O) groups is 1. The molecule has 0 unspecified atom stereocenters. The fourth-order valence-corrected chi connectivity index (χ4v) is 2.56. The Balaban J connectivity index is 2.04. The number of hydrogen-bond acceptors (Lipinski definition) is 4. The summed E-state index contributed by atoms with van der Waals surface area (Å²) in [6, 6.07) is 8.37. The van der Waals surface area contributed by atoms with E-state index >= 15 is 0 Å². The Bertz CT molecular complexity index is 548. The minimum atomic E-state index is -0.248. The maximum Gasteiger partial charge on any atom is 0.311 e. The van der Waals surface area contributed by atoms with Crippen molar-refractivity contribution in [3.8, 4) is 0 Å². The van der Waals surface area contributed by atoms with Crippen molar-refractivity contribution >= 4 is 17.3 Å². The van der Waals surface area contributed by atoms with Crippen LogP contribution in [0.3, 0.4) is 0 Å². The van der Waals surface area contributed by atoms with E-state index in [0.717, 1.165) is 17.1 Å². The Morgan fingerprint density at radius 3 is 3.00 bits per heavy atom. The summed E-state index contributed by atoms with van der Waals surface area (Å²) in [6.07, 6.45) is 1.06. The molecule has 0 aliphatic rings. The van der Waals surface area contributed by atoms with Gasteiger partial charge in [-0.2, -0.15) is 0 Å². The molecule has 0 aliphatic heterocycles. The van der Waals surface area contributed by atoms with E-state index in [1.165, 1.54) is 18.2 Å². The predicted molar refractivity (Wildman–Crippen MR) is 71.8 cm³/mol. The Morgan fingerprint density at radius 1 is 1.44 bits per heavy atom. The van der Waals surface area contributed by atoms with Gasteiger partial charge < -0.3 is 4.74 Å². The first-order valence-electron chi connectivity index (χ1n) is 5.73. The van der Waals surface area contributed by atoms with Crippen molar-refractivity contribution in [1.82, 2.24) is 4.98 Å². The minimum absolute atomic E-state index is 0.248. The van der Waals surface area contributed by atoms with Crippen LogP contribution in [0.15, 0.2) is 29.6 Å². The summed E-state index contributed by atoms with van der Waals surface area (Å²) in [5.74, 6) is -0.248. The number of carbonyl (C=O) groups excluding carboxylic acids is 1. The highest BCUT2D eigenvalue weighted by Crippen LogP contribution is 2.16. The Hall–Kier alpha value is -1.68. The Morgan fingerprint density at radius 2 is 2.28 bits per heavy atom. The van der Waals surface area contributed by atoms with Crippen LogP contribution >= 0.6 is 11.3 Å². The number of methoxy groups -OCH3 is 1. The van der Waals surface area contributed by atoms with Crippen LogP contribution in [-0.2, 0) is 22.4 Å². The molecular formula is C14H15NO2S. The molecule has 18 heavy (non-hydrogen) atoms. The van der Waals surface area contributed by atoms with Gasteiger partial charge in [0.2, 0.25) is 0 Å². The number of nitrogens with zero attached hydrogens (tertiary/aromatic N) is 1. The number of benzene rings is 1. The third kappa shape index (κ3) is 3.40. The van der Waals surface area contributed by atoms with E-state index in [4.69, 9.17) is 0 Å². The fraction of sp³-hybridized carbons (Fsp3) is 0.286. The number of aromatic nitrogens is 1. The lowest BCUT2D eigenvalue weighted by molar-refractivity contribution is -0.139. The summed E-state index contributed by atoms with van der Waals surface area (Å²) in [4.78, 5) is 15.6. The molecule has 94 valence electrons. The number of hydrogen-bond donors (Lipinski definition) is 0. The zero-order valence-electron chi connectivity index (χ0n) is 10.5. The third-order valence-corrected chi connectivity index (χ3v) is 3.49. The normalized spacial score (nSPS) is 10.3. The molecule has 0 aliphatic carbocycles. The topological polar surface area (TPSA) is 39.2 Å². The van der Waals surface area contributed by atoms with E-state index in [1.54, 1.807) is 11.3 Å². The van der Waals surface area contributed by atoms with Gasteiger partial charge in [-0.1, -0.05) is 29.8 Å². The van der Waals surface area contributed by atoms with E-state index in [1.807, 2.05) is 11.4 Å². The van der Waals surface area contributed by atoms with Gasteiger partial charge in [-0.25, -0.2) is 4.98 Å². The average molecular weight is 261 g/mol. The van der Waals surface area contributed by atoms with E-state index < -0.39 is 0 Å². The summed E-state index contributed by atoms with van der Waals surface area (Å²) < 4.78 is 4.62. The van der Waals surface area contributed by atoms with Crippen molar-refractivity contribution in [2.45, 2.75) is 19.8 Å². The molecule has 2 rings (SSSR count). The molecule has 3 nitrogen and oxygen atoms in total. The smallest absolute Gasteiger partial charge is 0.311 e. The van der Waals surface area contributed by atoms with Crippen molar-refractivity contribution in [3.63, 3.8) is 0 Å². The van der Waals surface area contributed by atoms with E-state index in [9.17, 15) is 4.79 Å². The van der Waals surface area contributed by atoms with Crippen molar-refractivity contribution in [2.75, 3.05) is 7.11 Å². The second kappa shape index (κ2) is 5.78. The zero-order valence-corrected chi connectivity index (χ0v) is 11.3. The fourth-order valence-electron chi connectivity index (χ4n) is 1.73. The highest BCUT2D eigenvalue weighted by atomic mass is 32.1. The van der Waals surface area contributed by atoms with Crippen molar-refractivity contribution in [3.05, 3.63) is 51.5 Å². The number of thiazole rings is 1. The molecule has 0 saturated heterocycles. The van der Waals surface area contributed by atoms with Gasteiger partial charge in [-0.3, -0.25) is 4.79 Å². The lowest BCUT2D eigenvalue weighted by Crippen LogP contribution is -2.04. The van der Waals surface area contributed by atoms with Gasteiger partial charge in [0.25, 0.3) is 0 Å². The highest BCUT2D eigenvalue weighted by Gasteiger charge is 2.08. The maximum absolute atomic E-state index is 11.1. The first-order valence-corrected chi connectivity index (χ1v) is 6.61. The van der Waals surface area contributed by atoms with Gasteiger partial charge in [0.15, 0.2) is 0 Å². The van der Waals surface area contributed by atoms with Gasteiger partial charge in [0.1, 0.15) is 0 Å². The molecule has 0 radical (unpaired) electrons. The second-order valence-corrected chi connectivity index (χ2v) is 5.09. The highest BCUT2D eigenvalue weighted by molar-refractivity contribution is 7.09. The minimum Gasteiger partial charge on any atom is -0.469 e. The number of ether oxygens (including phenoxy) is 1. The standard InChI is InChI=1S/C14H15NO2S/c1-10-4-3-5-11(6-10)7-13-15-12(9-18-13)8-14(16)17-2/h3-6,9H,7-8H2,1-2H3. The van der Waals surface area contributed by atoms with Crippen LogP contribution in [0, 0.1) is 6.92 Å². The van der Waals surface area contributed by atoms with Gasteiger partial charge in [0.05, 0.1) is 24.2 Å². The van der Waals surface area contributed by atoms with Gasteiger partial charge >= 0.3 is 5.97 Å². The van der Waals surface area contributed by atoms with E-state index in [0.29, 0.717) is 0 Å². The largest absolute Gasteiger partial charge is 0.469 e. The maximum atomic E-state index is 11.1. The van der Waals surface area contributed by atoms with Crippen LogP contribution in [-0.4, -0.2) is 18.1 Å². The average Bonchev–Trinajstić information content (AvgIpc) is 2.76. The molecule has 0 atom stereocenters. The molecule has 0 N–H and O–H groups in total. The van der Waals surface area contributed by atoms with E-state index in [-0.39, 0.29) is 12.4 Å². The quantitative estimate of drug-likeness (QED) is 0.794. The molecule has 1 heterocycles. The van der Waals surface area contributed by atoms with Gasteiger partial charge in [-0.05, 0) is 12.5 Å². The van der Waals surface area contributed by atoms with Crippen LogP contribution < -0.4 is 0 Å². The second-order valence-electron chi connectivity index (χ2n) is 4.15. The molecule has 0 bridgehead atoms. The van der Waals surface area contributed by atoms with Crippen molar-refractivity contribution < 1.29 is 9.53 Å². The van der Waals surface area contributed by atoms with Crippen molar-refractivity contribution in [2.24, 2.45) is 0 Å². The van der Waals surface area contributed by atoms with Crippen LogP contribution in [0.5, 0.6) is 0 Å². The van der Waals surface area contributed by atoms with Crippen LogP contribution in [0.25, 0.3) is 0 Å². The molecular weight excluding hydrogens is 246 g/mol. The predicted octanol–water partition coefficient (Wildman–Crippen LogP) is 2.76. The molecule has 1 aromatic carbocycles. The van der Waals surface area contributed by atoms with Crippen LogP contribution in [0.4, 0.5) is 0 Å². The zero-order chi connectivity index (χ0) is 13.0. The van der Waals surface area contributed by atoms with Crippen LogP contribution in [0.1, 0.15) is 21.8 Å². The summed E-state index contributed by atoms with van der Waals surface area (Å²) in [5, 5.41) is 2.95. The SMILES string of the molecule is COC(=O)Cc1csc(Cc2cccc(C)c2)n1. The van der Waals surface area contributed by atoms with E-state index in [2.05, 4.69) is 34.8 Å². The number of aryl methyl sites for hydroxylation is 1. The summed E-state index contributed by atoms with van der Waals surface area (Å²) in [6.45, 7) is 2.08. The first kappa shape index (κ1) is 12.8. The lowest BCUT2D eigenvalue weighted by atomic mass is 10.1. The Labute approximate surface area is 110 Å². The van der Waals surface area contributed by atoms with Crippen LogP contribution in [0.2, 0.25) is 0 Å². The monoisotopic (exact) mass is 261 g/mol. The summed E-state index contributed by atoms with van der Waals surface area (Å²) in [7, 11) is 1.39. The molecule has 0 saturated carbocycles. The Kier molecular flexibility index (Phi) is 4.10. The number of esters is 1. The van der Waals surface area contributed by atoms with Gasteiger partial charge in [0, 0.05) is 11.8 Å². The number of rotatable bonds is 4. The summed E-state index contributed by atoms with van der Waals surface area (Å²) >= 11 is 1.58. The molecule has 2 aromatic rings. The molecule has 0 amide bonds. The molecule has 0 spiro atoms. The van der Waals surface area contributed by atoms with Crippen molar-refractivity contribution in [1.29, 1.82) is 0 Å². The third-order valence-electron chi connectivity index (χ3n) is 2.59. The molecule has 1 aromatic heterocycles. The molecule has 0 fully saturated rings. The first-order chi connectivity index (χ1) is 8.67. The molecule has 4 heteroatoms. The summed E-state index contributed by atoms with van der Waals surface area (Å²) in [5.41, 5.74) is 3.28. The van der Waals surface area contributed by atoms with Gasteiger partial charge in [-0.15, -0.1) is 11.3 Å². The lowest BCUT2D eigenvalue weighted by Gasteiger charge is -1.99.